The van der Waals surface area contributed by atoms with E-state index in [0.717, 1.165) is 38.0 Å². The molecule has 1 aliphatic carbocycles. The Labute approximate surface area is 188 Å². The van der Waals surface area contributed by atoms with Gasteiger partial charge in [-0.15, -0.1) is 0 Å². The molecule has 11 heteroatoms. The van der Waals surface area contributed by atoms with E-state index in [1.54, 1.807) is 7.05 Å². The number of rotatable bonds is 8. The molecule has 0 atom stereocenters. The van der Waals surface area contributed by atoms with Crippen molar-refractivity contribution in [3.05, 3.63) is 30.1 Å². The summed E-state index contributed by atoms with van der Waals surface area (Å²) in [6.07, 6.45) is 4.11. The van der Waals surface area contributed by atoms with Crippen molar-refractivity contribution in [1.29, 1.82) is 0 Å². The molecule has 1 aliphatic heterocycles. The first kappa shape index (κ1) is 22.7. The molecule has 1 N–H and O–H groups in total. The minimum Gasteiger partial charge on any atom is -0.446 e. The molecule has 4 rings (SSSR count). The van der Waals surface area contributed by atoms with Gasteiger partial charge in [0.25, 0.3) is 5.89 Å². The van der Waals surface area contributed by atoms with E-state index in [1.807, 2.05) is 24.3 Å². The Kier molecular flexibility index (Phi) is 6.77. The maximum Gasteiger partial charge on any atom is 0.414 e. The molecule has 1 aromatic carbocycles. The van der Waals surface area contributed by atoms with Crippen LogP contribution in [0.15, 0.2) is 28.8 Å². The summed E-state index contributed by atoms with van der Waals surface area (Å²) < 4.78 is 36.0. The van der Waals surface area contributed by atoms with Gasteiger partial charge in [-0.05, 0) is 37.8 Å². The monoisotopic (exact) mass is 463 g/mol. The Hall–Kier alpha value is -2.50. The number of nitrogens with one attached hydrogen (secondary N) is 1. The van der Waals surface area contributed by atoms with Crippen molar-refractivity contribution >= 4 is 21.8 Å². The van der Waals surface area contributed by atoms with Crippen LogP contribution in [0.4, 0.5) is 10.5 Å². The van der Waals surface area contributed by atoms with E-state index in [0.29, 0.717) is 49.0 Å². The van der Waals surface area contributed by atoms with Crippen molar-refractivity contribution in [2.45, 2.75) is 37.7 Å². The van der Waals surface area contributed by atoms with Gasteiger partial charge in [-0.1, -0.05) is 17.3 Å². The molecule has 174 valence electrons. The first-order valence-electron chi connectivity index (χ1n) is 10.8. The molecule has 2 heterocycles. The number of likely N-dealkylation sites (tertiary alicyclic amines) is 1. The number of ether oxygens (including phenoxy) is 1. The normalized spacial score (nSPS) is 17.9. The summed E-state index contributed by atoms with van der Waals surface area (Å²) in [5.41, 5.74) is 1.34. The number of carbonyl (C=O) groups is 1. The highest BCUT2D eigenvalue weighted by atomic mass is 32.2. The number of para-hydroxylation sites is 1. The fourth-order valence-corrected chi connectivity index (χ4v) is 4.22. The molecular formula is C21H29N5O5S. The maximum atomic E-state index is 12.8. The van der Waals surface area contributed by atoms with Crippen LogP contribution in [0.5, 0.6) is 0 Å². The SMILES string of the molecule is CN(C(=O)OC1CCN(CCNS(C)(=O)=O)CC1)c1ccccc1-c1nc(C2CC2)no1. The second kappa shape index (κ2) is 9.55. The van der Waals surface area contributed by atoms with Crippen LogP contribution in [0.2, 0.25) is 0 Å². The zero-order chi connectivity index (χ0) is 22.7. The molecule has 2 fully saturated rings. The summed E-state index contributed by atoms with van der Waals surface area (Å²) in [5.74, 6) is 1.51. The van der Waals surface area contributed by atoms with E-state index in [-0.39, 0.29) is 6.10 Å². The Morgan fingerprint density at radius 3 is 2.66 bits per heavy atom. The highest BCUT2D eigenvalue weighted by Crippen LogP contribution is 2.39. The van der Waals surface area contributed by atoms with Crippen molar-refractivity contribution < 1.29 is 22.5 Å². The number of sulfonamides is 1. The van der Waals surface area contributed by atoms with Gasteiger partial charge >= 0.3 is 6.09 Å². The predicted octanol–water partition coefficient (Wildman–Crippen LogP) is 2.20. The van der Waals surface area contributed by atoms with Crippen LogP contribution in [0.25, 0.3) is 11.5 Å². The van der Waals surface area contributed by atoms with Gasteiger partial charge in [0.15, 0.2) is 5.82 Å². The fraction of sp³-hybridized carbons (Fsp3) is 0.571. The van der Waals surface area contributed by atoms with E-state index < -0.39 is 16.1 Å². The summed E-state index contributed by atoms with van der Waals surface area (Å²) in [6, 6.07) is 7.40. The van der Waals surface area contributed by atoms with Gasteiger partial charge in [-0.3, -0.25) is 4.90 Å². The Balaban J connectivity index is 1.32. The van der Waals surface area contributed by atoms with E-state index in [1.165, 1.54) is 4.90 Å². The molecule has 2 aromatic rings. The number of anilines is 1. The van der Waals surface area contributed by atoms with E-state index in [9.17, 15) is 13.2 Å². The molecule has 1 amide bonds. The second-order valence-electron chi connectivity index (χ2n) is 8.40. The molecule has 0 spiro atoms. The van der Waals surface area contributed by atoms with Crippen LogP contribution in [0.1, 0.15) is 37.4 Å². The lowest BCUT2D eigenvalue weighted by Crippen LogP contribution is -2.42. The number of hydrogen-bond acceptors (Lipinski definition) is 8. The molecule has 10 nitrogen and oxygen atoms in total. The smallest absolute Gasteiger partial charge is 0.414 e. The van der Waals surface area contributed by atoms with Crippen molar-refractivity contribution in [2.75, 3.05) is 44.4 Å². The van der Waals surface area contributed by atoms with Crippen LogP contribution in [0, 0.1) is 0 Å². The Morgan fingerprint density at radius 2 is 1.97 bits per heavy atom. The van der Waals surface area contributed by atoms with Crippen LogP contribution in [0.3, 0.4) is 0 Å². The topological polar surface area (TPSA) is 118 Å². The first-order valence-corrected chi connectivity index (χ1v) is 12.7. The van der Waals surface area contributed by atoms with Gasteiger partial charge in [0.05, 0.1) is 17.5 Å². The van der Waals surface area contributed by atoms with Gasteiger partial charge in [0.2, 0.25) is 10.0 Å². The highest BCUT2D eigenvalue weighted by Gasteiger charge is 2.30. The summed E-state index contributed by atoms with van der Waals surface area (Å²) in [6.45, 7) is 2.50. The number of carbonyl (C=O) groups excluding carboxylic acids is 1. The van der Waals surface area contributed by atoms with Gasteiger partial charge in [-0.2, -0.15) is 4.98 Å². The number of amides is 1. The lowest BCUT2D eigenvalue weighted by Gasteiger charge is -2.32. The number of nitrogens with zero attached hydrogens (tertiary/aromatic N) is 4. The van der Waals surface area contributed by atoms with Crippen molar-refractivity contribution in [1.82, 2.24) is 19.8 Å². The first-order chi connectivity index (χ1) is 15.3. The number of hydrogen-bond donors (Lipinski definition) is 1. The van der Waals surface area contributed by atoms with E-state index >= 15 is 0 Å². The molecule has 32 heavy (non-hydrogen) atoms. The highest BCUT2D eigenvalue weighted by molar-refractivity contribution is 7.88. The predicted molar refractivity (Wildman–Crippen MR) is 119 cm³/mol. The Bertz CT molecular complexity index is 1040. The van der Waals surface area contributed by atoms with Crippen LogP contribution >= 0.6 is 0 Å². The third-order valence-electron chi connectivity index (χ3n) is 5.75. The van der Waals surface area contributed by atoms with Gasteiger partial charge < -0.3 is 14.2 Å². The number of benzene rings is 1. The largest absolute Gasteiger partial charge is 0.446 e. The van der Waals surface area contributed by atoms with Gasteiger partial charge in [-0.25, -0.2) is 17.9 Å². The minimum absolute atomic E-state index is 0.180. The second-order valence-corrected chi connectivity index (χ2v) is 10.2. The van der Waals surface area contributed by atoms with Crippen LogP contribution in [-0.4, -0.2) is 75.1 Å². The average Bonchev–Trinajstić information content (AvgIpc) is 3.50. The molecule has 0 radical (unpaired) electrons. The number of piperidine rings is 1. The van der Waals surface area contributed by atoms with Gasteiger partial charge in [0, 0.05) is 39.1 Å². The van der Waals surface area contributed by atoms with Crippen molar-refractivity contribution in [2.24, 2.45) is 0 Å². The standard InChI is InChI=1S/C21H29N5O5S/c1-25(18-6-4-3-5-17(18)20-23-19(24-31-20)15-7-8-15)21(27)30-16-9-12-26(13-10-16)14-11-22-32(2,28)29/h3-6,15-16,22H,7-14H2,1-2H3. The van der Waals surface area contributed by atoms with E-state index in [4.69, 9.17) is 9.26 Å². The summed E-state index contributed by atoms with van der Waals surface area (Å²) in [4.78, 5) is 21.0. The fourth-order valence-electron chi connectivity index (χ4n) is 3.76. The molecule has 1 aromatic heterocycles. The number of aromatic nitrogens is 2. The van der Waals surface area contributed by atoms with Gasteiger partial charge in [0.1, 0.15) is 6.10 Å². The zero-order valence-electron chi connectivity index (χ0n) is 18.4. The minimum atomic E-state index is -3.18. The summed E-state index contributed by atoms with van der Waals surface area (Å²) in [5, 5.41) is 4.07. The lowest BCUT2D eigenvalue weighted by atomic mass is 10.1. The molecule has 0 unspecified atom stereocenters. The lowest BCUT2D eigenvalue weighted by molar-refractivity contribution is 0.0562. The molecular weight excluding hydrogens is 434 g/mol. The van der Waals surface area contributed by atoms with Crippen molar-refractivity contribution in [3.63, 3.8) is 0 Å². The van der Waals surface area contributed by atoms with E-state index in [2.05, 4.69) is 19.8 Å². The molecule has 2 aliphatic rings. The van der Waals surface area contributed by atoms with Crippen LogP contribution in [-0.2, 0) is 14.8 Å². The van der Waals surface area contributed by atoms with Crippen LogP contribution < -0.4 is 9.62 Å². The average molecular weight is 464 g/mol. The molecule has 1 saturated carbocycles. The third-order valence-corrected chi connectivity index (χ3v) is 6.48. The third kappa shape index (κ3) is 5.84. The quantitative estimate of drug-likeness (QED) is 0.633. The molecule has 1 saturated heterocycles. The Morgan fingerprint density at radius 1 is 1.25 bits per heavy atom. The van der Waals surface area contributed by atoms with Crippen molar-refractivity contribution in [3.8, 4) is 11.5 Å². The summed E-state index contributed by atoms with van der Waals surface area (Å²) in [7, 11) is -1.51. The zero-order valence-corrected chi connectivity index (χ0v) is 19.2. The molecule has 0 bridgehead atoms. The maximum absolute atomic E-state index is 12.8. The summed E-state index contributed by atoms with van der Waals surface area (Å²) >= 11 is 0.